The van der Waals surface area contributed by atoms with Crippen molar-refractivity contribution in [2.24, 2.45) is 0 Å². The van der Waals surface area contributed by atoms with E-state index < -0.39 is 14.7 Å². The summed E-state index contributed by atoms with van der Waals surface area (Å²) < 4.78 is 15.7. The second-order valence-corrected chi connectivity index (χ2v) is 27.6. The third-order valence-electron chi connectivity index (χ3n) is 18.2. The van der Waals surface area contributed by atoms with Gasteiger partial charge in [0.05, 0.1) is 66.2 Å². The molecule has 0 amide bonds. The summed E-state index contributed by atoms with van der Waals surface area (Å²) in [6, 6.07) is 89.0. The highest BCUT2D eigenvalue weighted by atomic mass is 31.1. The molecule has 6 nitrogen and oxygen atoms in total. The highest BCUT2D eigenvalue weighted by Gasteiger charge is 2.32. The molecule has 400 valence electrons. The standard InChI is InChI=1S/C76H56N6P2/c1-45-19-31-52(32-20-45)77-58-11-7-15-62-71(58)83-73-60(77)13-9-17-64(73)81(56-39-27-49(5)28-40-56)69-68-51(43-66(75(69)83)79(62)54-35-23-47(3)24-36-54)44-67-76-70(68)82(57-41-29-50(6)30-42-57)65-18-10-14-61-74(65)84(76)72-59(78(61)53-33-21-46(2)22-34-53)12-8-16-63(72)80(67)55-37-25-48(4)26-38-55/h7-44H,1-6H3. The maximum Gasteiger partial charge on any atom is 0.0698 e. The zero-order chi connectivity index (χ0) is 56.0. The maximum absolute atomic E-state index is 2.69. The van der Waals surface area contributed by atoms with Crippen LogP contribution in [-0.2, 0) is 0 Å². The largest absolute Gasteiger partial charge is 0.308 e. The lowest BCUT2D eigenvalue weighted by atomic mass is 10.0. The number of rotatable bonds is 6. The molecule has 6 heterocycles. The van der Waals surface area contributed by atoms with Crippen LogP contribution in [0.1, 0.15) is 33.4 Å². The molecular formula is C76H56N6P2. The van der Waals surface area contributed by atoms with Crippen molar-refractivity contribution in [3.63, 3.8) is 0 Å². The molecule has 2 unspecified atom stereocenters. The van der Waals surface area contributed by atoms with Gasteiger partial charge in [0, 0.05) is 70.2 Å². The predicted octanol–water partition coefficient (Wildman–Crippen LogP) is 21.5. The first-order valence-corrected chi connectivity index (χ1v) is 31.9. The first-order valence-electron chi connectivity index (χ1n) is 29.2. The lowest BCUT2D eigenvalue weighted by Crippen LogP contribution is -2.11. The van der Waals surface area contributed by atoms with Crippen LogP contribution in [0.3, 0.4) is 0 Å². The third-order valence-corrected chi connectivity index (χ3v) is 23.6. The summed E-state index contributed by atoms with van der Waals surface area (Å²) in [6.45, 7) is 13.2. The molecule has 0 spiro atoms. The van der Waals surface area contributed by atoms with Crippen LogP contribution in [0, 0.1) is 41.5 Å². The van der Waals surface area contributed by atoms with Crippen LogP contribution in [0.5, 0.6) is 0 Å². The summed E-state index contributed by atoms with van der Waals surface area (Å²) in [5.74, 6) is 0. The van der Waals surface area contributed by atoms with Gasteiger partial charge < -0.3 is 27.4 Å². The average Bonchev–Trinajstić information content (AvgIpc) is 0.763. The smallest absolute Gasteiger partial charge is 0.0698 e. The zero-order valence-corrected chi connectivity index (χ0v) is 49.3. The number of hydrogen-bond donors (Lipinski definition) is 0. The Morgan fingerprint density at radius 1 is 0.214 bits per heavy atom. The summed E-state index contributed by atoms with van der Waals surface area (Å²) in [4.78, 5) is 0. The number of nitrogens with zero attached hydrogens (tertiary/aromatic N) is 6. The Kier molecular flexibility index (Phi) is 9.93. The van der Waals surface area contributed by atoms with Crippen molar-refractivity contribution >= 4 is 122 Å². The Morgan fingerprint density at radius 3 is 0.655 bits per heavy atom. The van der Waals surface area contributed by atoms with Crippen LogP contribution in [-0.4, -0.2) is 27.4 Å². The van der Waals surface area contributed by atoms with Crippen LogP contribution in [0.2, 0.25) is 0 Å². The first kappa shape index (κ1) is 47.9. The molecule has 6 aromatic heterocycles. The summed E-state index contributed by atoms with van der Waals surface area (Å²) in [7, 11) is -2.34. The molecule has 0 fully saturated rings. The fourth-order valence-corrected chi connectivity index (χ4v) is 20.6. The van der Waals surface area contributed by atoms with Crippen LogP contribution in [0.15, 0.2) is 231 Å². The number of aryl methyl sites for hydroxylation is 6. The third kappa shape index (κ3) is 6.47. The molecule has 2 atom stereocenters. The second kappa shape index (κ2) is 17.4. The SMILES string of the molecule is Cc1ccc(-n2c3cccc4c3p3c5c2cccc5n(-c2ccc(C)cc2)c2c5c(cc(c23)n4-c2ccc(C)cc2)cc2c3c5n(-c4ccc(C)cc4)c4cccc5c4p3c3c(cccc3n2-c2ccc(C)cc2)n5-c2ccc(C)cc2)cc1. The molecule has 0 N–H and O–H groups in total. The van der Waals surface area contributed by atoms with Crippen molar-refractivity contribution in [1.29, 1.82) is 0 Å². The molecule has 0 aliphatic heterocycles. The first-order chi connectivity index (χ1) is 41.2. The summed E-state index contributed by atoms with van der Waals surface area (Å²) in [5.41, 5.74) is 29.1. The summed E-state index contributed by atoms with van der Waals surface area (Å²) >= 11 is 0. The molecule has 18 rings (SSSR count). The molecule has 0 saturated carbocycles. The summed E-state index contributed by atoms with van der Waals surface area (Å²) in [5, 5.41) is 10.8. The minimum atomic E-state index is -1.17. The van der Waals surface area contributed by atoms with E-state index in [-0.39, 0.29) is 0 Å². The predicted molar refractivity (Wildman–Crippen MR) is 360 cm³/mol. The number of benzene rings is 12. The van der Waals surface area contributed by atoms with Gasteiger partial charge in [-0.25, -0.2) is 0 Å². The van der Waals surface area contributed by atoms with Crippen molar-refractivity contribution < 1.29 is 0 Å². The van der Waals surface area contributed by atoms with E-state index in [1.807, 2.05) is 0 Å². The van der Waals surface area contributed by atoms with E-state index in [9.17, 15) is 0 Å². The highest BCUT2D eigenvalue weighted by Crippen LogP contribution is 2.61. The van der Waals surface area contributed by atoms with Crippen molar-refractivity contribution in [2.75, 3.05) is 0 Å². The monoisotopic (exact) mass is 1110 g/mol. The Hall–Kier alpha value is -9.70. The van der Waals surface area contributed by atoms with E-state index >= 15 is 0 Å². The van der Waals surface area contributed by atoms with Crippen molar-refractivity contribution in [3.05, 3.63) is 264 Å². The molecule has 0 aliphatic carbocycles. The number of aromatic nitrogens is 6. The fraction of sp³-hybridized carbons (Fsp3) is 0.0789. The van der Waals surface area contributed by atoms with Gasteiger partial charge >= 0.3 is 0 Å². The second-order valence-electron chi connectivity index (χ2n) is 23.6. The molecular weight excluding hydrogens is 1060 g/mol. The molecule has 12 aromatic carbocycles. The molecule has 0 bridgehead atoms. The van der Waals surface area contributed by atoms with Gasteiger partial charge in [-0.3, -0.25) is 0 Å². The lowest BCUT2D eigenvalue weighted by molar-refractivity contribution is 1.13. The zero-order valence-electron chi connectivity index (χ0n) is 47.5. The van der Waals surface area contributed by atoms with E-state index in [0.717, 1.165) is 34.1 Å². The Bertz CT molecular complexity index is 5370. The Balaban J connectivity index is 1.20. The number of fused-ring (bicyclic) bond motifs is 3. The summed E-state index contributed by atoms with van der Waals surface area (Å²) in [6.07, 6.45) is 0. The van der Waals surface area contributed by atoms with Gasteiger partial charge in [0.2, 0.25) is 0 Å². The van der Waals surface area contributed by atoms with Gasteiger partial charge in [0.15, 0.2) is 0 Å². The molecule has 18 aromatic rings. The van der Waals surface area contributed by atoms with Gasteiger partial charge in [0.25, 0.3) is 0 Å². The Labute approximate surface area is 486 Å². The van der Waals surface area contributed by atoms with Gasteiger partial charge in [-0.15, -0.1) is 0 Å². The average molecular weight is 1120 g/mol. The quantitative estimate of drug-likeness (QED) is 0.117. The lowest BCUT2D eigenvalue weighted by Gasteiger charge is -2.31. The van der Waals surface area contributed by atoms with E-state index in [1.165, 1.54) is 141 Å². The molecule has 0 radical (unpaired) electrons. The molecule has 0 saturated heterocycles. The minimum Gasteiger partial charge on any atom is -0.308 e. The molecule has 84 heavy (non-hydrogen) atoms. The topological polar surface area (TPSA) is 29.6 Å². The number of hydrogen-bond acceptors (Lipinski definition) is 0. The van der Waals surface area contributed by atoms with Crippen molar-refractivity contribution in [2.45, 2.75) is 41.5 Å². The van der Waals surface area contributed by atoms with Gasteiger partial charge in [-0.1, -0.05) is 145 Å². The maximum atomic E-state index is 2.69. The molecule has 0 aliphatic rings. The van der Waals surface area contributed by atoms with Gasteiger partial charge in [0.1, 0.15) is 0 Å². The van der Waals surface area contributed by atoms with E-state index in [0.29, 0.717) is 0 Å². The molecule has 8 heteroatoms. The minimum absolute atomic E-state index is 1.14. The van der Waals surface area contributed by atoms with E-state index in [4.69, 9.17) is 0 Å². The fourth-order valence-electron chi connectivity index (χ4n) is 14.4. The van der Waals surface area contributed by atoms with E-state index in [1.54, 1.807) is 0 Å². The Morgan fingerprint density at radius 2 is 0.417 bits per heavy atom. The van der Waals surface area contributed by atoms with Crippen LogP contribution >= 0.6 is 14.7 Å². The normalized spacial score (nSPS) is 12.8. The van der Waals surface area contributed by atoms with Crippen LogP contribution in [0.4, 0.5) is 0 Å². The van der Waals surface area contributed by atoms with Crippen LogP contribution in [0.25, 0.3) is 142 Å². The van der Waals surface area contributed by atoms with Crippen LogP contribution < -0.4 is 0 Å². The van der Waals surface area contributed by atoms with Crippen molar-refractivity contribution in [1.82, 2.24) is 27.4 Å². The van der Waals surface area contributed by atoms with Gasteiger partial charge in [-0.2, -0.15) is 0 Å². The van der Waals surface area contributed by atoms with Crippen molar-refractivity contribution in [3.8, 4) is 34.1 Å². The highest BCUT2D eigenvalue weighted by molar-refractivity contribution is 7.64. The van der Waals surface area contributed by atoms with Gasteiger partial charge in [-0.05, 0) is 180 Å². The van der Waals surface area contributed by atoms with E-state index in [2.05, 4.69) is 299 Å².